The fourth-order valence-electron chi connectivity index (χ4n) is 2.31. The molecule has 0 aromatic rings. The van der Waals surface area contributed by atoms with Crippen molar-refractivity contribution in [2.45, 2.75) is 32.1 Å². The molecule has 2 nitrogen and oxygen atoms in total. The van der Waals surface area contributed by atoms with E-state index in [9.17, 15) is 0 Å². The third-order valence-corrected chi connectivity index (χ3v) is 4.56. The van der Waals surface area contributed by atoms with E-state index < -0.39 is 0 Å². The van der Waals surface area contributed by atoms with Crippen LogP contribution >= 0.6 is 11.8 Å². The van der Waals surface area contributed by atoms with Crippen molar-refractivity contribution in [2.75, 3.05) is 18.1 Å². The van der Waals surface area contributed by atoms with Crippen molar-refractivity contribution in [3.8, 4) is 0 Å². The minimum absolute atomic E-state index is 0.615. The third kappa shape index (κ3) is 2.66. The molecule has 0 amide bonds. The van der Waals surface area contributed by atoms with Crippen molar-refractivity contribution < 1.29 is 0 Å². The molecule has 1 aliphatic heterocycles. The van der Waals surface area contributed by atoms with Gasteiger partial charge in [0.05, 0.1) is 5.84 Å². The molecule has 0 bridgehead atoms. The summed E-state index contributed by atoms with van der Waals surface area (Å²) < 4.78 is 0. The summed E-state index contributed by atoms with van der Waals surface area (Å²) in [6.45, 7) is 0.981. The molecule has 1 saturated carbocycles. The van der Waals surface area contributed by atoms with Crippen LogP contribution in [0.4, 0.5) is 0 Å². The van der Waals surface area contributed by atoms with Crippen LogP contribution in [0.3, 0.4) is 0 Å². The highest BCUT2D eigenvalue weighted by molar-refractivity contribution is 7.99. The summed E-state index contributed by atoms with van der Waals surface area (Å²) in [7, 11) is 0. The molecule has 2 rings (SSSR count). The van der Waals surface area contributed by atoms with Crippen molar-refractivity contribution in [1.82, 2.24) is 0 Å². The number of aliphatic imine (C=N–C) groups is 1. The fourth-order valence-corrected chi connectivity index (χ4v) is 3.58. The van der Waals surface area contributed by atoms with E-state index in [-0.39, 0.29) is 0 Å². The van der Waals surface area contributed by atoms with Crippen LogP contribution in [0.1, 0.15) is 32.1 Å². The topological polar surface area (TPSA) is 38.4 Å². The Morgan fingerprint density at radius 2 is 2.07 bits per heavy atom. The summed E-state index contributed by atoms with van der Waals surface area (Å²) in [5.41, 5.74) is 6.00. The van der Waals surface area contributed by atoms with Crippen molar-refractivity contribution in [3.05, 3.63) is 0 Å². The lowest BCUT2D eigenvalue weighted by atomic mass is 10.1. The molecule has 0 spiro atoms. The molecular formula is C11H20N2S. The highest BCUT2D eigenvalue weighted by atomic mass is 32.2. The van der Waals surface area contributed by atoms with Gasteiger partial charge in [-0.25, -0.2) is 0 Å². The Bertz CT molecular complexity index is 203. The Morgan fingerprint density at radius 3 is 2.71 bits per heavy atom. The summed E-state index contributed by atoms with van der Waals surface area (Å²) in [5.74, 6) is 4.98. The van der Waals surface area contributed by atoms with E-state index in [4.69, 9.17) is 5.73 Å². The van der Waals surface area contributed by atoms with E-state index in [0.717, 1.165) is 18.3 Å². The Kier molecular flexibility index (Phi) is 3.74. The quantitative estimate of drug-likeness (QED) is 0.576. The van der Waals surface area contributed by atoms with Gasteiger partial charge in [-0.2, -0.15) is 11.8 Å². The Morgan fingerprint density at radius 1 is 1.29 bits per heavy atom. The maximum atomic E-state index is 6.00. The van der Waals surface area contributed by atoms with Gasteiger partial charge >= 0.3 is 0 Å². The molecule has 1 aliphatic carbocycles. The summed E-state index contributed by atoms with van der Waals surface area (Å²) in [6, 6.07) is 0. The lowest BCUT2D eigenvalue weighted by molar-refractivity contribution is 0.605. The minimum atomic E-state index is 0.615. The van der Waals surface area contributed by atoms with Crippen LogP contribution in [0.25, 0.3) is 0 Å². The first kappa shape index (κ1) is 10.3. The monoisotopic (exact) mass is 212 g/mol. The Labute approximate surface area is 90.7 Å². The second-order valence-corrected chi connectivity index (χ2v) is 5.63. The van der Waals surface area contributed by atoms with Gasteiger partial charge in [0.1, 0.15) is 0 Å². The van der Waals surface area contributed by atoms with Crippen LogP contribution in [0.2, 0.25) is 0 Å². The highest BCUT2D eigenvalue weighted by Crippen LogP contribution is 2.26. The van der Waals surface area contributed by atoms with Gasteiger partial charge in [0.25, 0.3) is 0 Å². The fraction of sp³-hybridized carbons (Fsp3) is 0.909. The van der Waals surface area contributed by atoms with Gasteiger partial charge in [-0.1, -0.05) is 12.8 Å². The van der Waals surface area contributed by atoms with Crippen molar-refractivity contribution in [3.63, 3.8) is 0 Å². The number of nitrogens with zero attached hydrogens (tertiary/aromatic N) is 1. The molecule has 1 saturated heterocycles. The molecule has 0 aromatic heterocycles. The zero-order valence-corrected chi connectivity index (χ0v) is 9.56. The zero-order chi connectivity index (χ0) is 9.80. The van der Waals surface area contributed by atoms with Gasteiger partial charge in [0, 0.05) is 12.5 Å². The predicted molar refractivity (Wildman–Crippen MR) is 63.9 cm³/mol. The van der Waals surface area contributed by atoms with Crippen molar-refractivity contribution in [1.29, 1.82) is 0 Å². The number of thioether (sulfide) groups is 1. The van der Waals surface area contributed by atoms with Crippen LogP contribution in [-0.4, -0.2) is 23.9 Å². The second kappa shape index (κ2) is 5.06. The largest absolute Gasteiger partial charge is 0.387 e. The van der Waals surface area contributed by atoms with E-state index >= 15 is 0 Å². The van der Waals surface area contributed by atoms with E-state index in [1.165, 1.54) is 43.6 Å². The molecule has 2 aliphatic rings. The molecule has 1 atom stereocenters. The molecule has 0 radical (unpaired) electrons. The van der Waals surface area contributed by atoms with Crippen LogP contribution < -0.4 is 5.73 Å². The predicted octanol–water partition coefficient (Wildman–Crippen LogP) is 2.29. The normalized spacial score (nSPS) is 30.0. The standard InChI is InChI=1S/C11H20N2S/c12-11(10-3-1-2-4-10)13-7-9-5-6-14-8-9/h9-10H,1-8H2,(H2,12,13). The van der Waals surface area contributed by atoms with Crippen molar-refractivity contribution >= 4 is 17.6 Å². The lowest BCUT2D eigenvalue weighted by Gasteiger charge is -2.10. The van der Waals surface area contributed by atoms with Crippen LogP contribution in [0, 0.1) is 11.8 Å². The smallest absolute Gasteiger partial charge is 0.0968 e. The van der Waals surface area contributed by atoms with Crippen LogP contribution in [0.15, 0.2) is 4.99 Å². The molecule has 3 heteroatoms. The number of hydrogen-bond donors (Lipinski definition) is 1. The molecule has 80 valence electrons. The SMILES string of the molecule is NC(=NCC1CCSC1)C1CCCC1. The number of hydrogen-bond acceptors (Lipinski definition) is 2. The minimum Gasteiger partial charge on any atom is -0.387 e. The number of amidine groups is 1. The third-order valence-electron chi connectivity index (χ3n) is 3.33. The first-order chi connectivity index (χ1) is 6.86. The maximum Gasteiger partial charge on any atom is 0.0968 e. The molecular weight excluding hydrogens is 192 g/mol. The molecule has 0 aromatic carbocycles. The Hall–Kier alpha value is -0.180. The molecule has 2 N–H and O–H groups in total. The zero-order valence-electron chi connectivity index (χ0n) is 8.74. The van der Waals surface area contributed by atoms with Gasteiger partial charge in [-0.05, 0) is 36.7 Å². The molecule has 1 heterocycles. The summed E-state index contributed by atoms with van der Waals surface area (Å²) in [5, 5.41) is 0. The molecule has 14 heavy (non-hydrogen) atoms. The highest BCUT2D eigenvalue weighted by Gasteiger charge is 2.19. The van der Waals surface area contributed by atoms with E-state index in [0.29, 0.717) is 5.92 Å². The van der Waals surface area contributed by atoms with Gasteiger partial charge in [0.2, 0.25) is 0 Å². The average Bonchev–Trinajstić information content (AvgIpc) is 2.87. The maximum absolute atomic E-state index is 6.00. The van der Waals surface area contributed by atoms with E-state index in [2.05, 4.69) is 16.8 Å². The Balaban J connectivity index is 1.77. The molecule has 1 unspecified atom stereocenters. The summed E-state index contributed by atoms with van der Waals surface area (Å²) >= 11 is 2.06. The first-order valence-electron chi connectivity index (χ1n) is 5.74. The van der Waals surface area contributed by atoms with E-state index in [1.54, 1.807) is 0 Å². The second-order valence-electron chi connectivity index (χ2n) is 4.48. The van der Waals surface area contributed by atoms with Crippen molar-refractivity contribution in [2.24, 2.45) is 22.6 Å². The lowest BCUT2D eigenvalue weighted by Crippen LogP contribution is -2.22. The number of rotatable bonds is 3. The average molecular weight is 212 g/mol. The number of nitrogens with two attached hydrogens (primary N) is 1. The van der Waals surface area contributed by atoms with Gasteiger partial charge in [-0.3, -0.25) is 4.99 Å². The van der Waals surface area contributed by atoms with Gasteiger partial charge < -0.3 is 5.73 Å². The summed E-state index contributed by atoms with van der Waals surface area (Å²) in [4.78, 5) is 4.57. The molecule has 2 fully saturated rings. The first-order valence-corrected chi connectivity index (χ1v) is 6.89. The van der Waals surface area contributed by atoms with E-state index in [1.807, 2.05) is 0 Å². The van der Waals surface area contributed by atoms with Crippen LogP contribution in [-0.2, 0) is 0 Å². The summed E-state index contributed by atoms with van der Waals surface area (Å²) in [6.07, 6.45) is 6.58. The van der Waals surface area contributed by atoms with Gasteiger partial charge in [0.15, 0.2) is 0 Å². The van der Waals surface area contributed by atoms with Crippen LogP contribution in [0.5, 0.6) is 0 Å². The van der Waals surface area contributed by atoms with Gasteiger partial charge in [-0.15, -0.1) is 0 Å².